The molecule has 0 bridgehead atoms. The molecule has 0 amide bonds. The quantitative estimate of drug-likeness (QED) is 0.677. The maximum absolute atomic E-state index is 10.5. The highest BCUT2D eigenvalue weighted by molar-refractivity contribution is 5.42. The van der Waals surface area contributed by atoms with Crippen molar-refractivity contribution in [3.05, 3.63) is 23.8 Å². The van der Waals surface area contributed by atoms with E-state index in [2.05, 4.69) is 18.9 Å². The first kappa shape index (κ1) is 18.8. The summed E-state index contributed by atoms with van der Waals surface area (Å²) in [6.45, 7) is 9.24. The van der Waals surface area contributed by atoms with Crippen molar-refractivity contribution in [1.82, 2.24) is 4.90 Å². The van der Waals surface area contributed by atoms with Crippen LogP contribution in [-0.4, -0.2) is 43.4 Å². The number of aliphatic hydroxyl groups excluding tert-OH is 1. The summed E-state index contributed by atoms with van der Waals surface area (Å²) in [5.41, 5.74) is 0.842. The highest BCUT2D eigenvalue weighted by atomic mass is 16.5. The number of hydrogen-bond acceptors (Lipinski definition) is 4. The van der Waals surface area contributed by atoms with E-state index >= 15 is 0 Å². The van der Waals surface area contributed by atoms with E-state index in [1.54, 1.807) is 0 Å². The van der Waals surface area contributed by atoms with Gasteiger partial charge in [0.05, 0.1) is 19.3 Å². The largest absolute Gasteiger partial charge is 0.494 e. The Bertz CT molecular complexity index is 423. The van der Waals surface area contributed by atoms with E-state index in [1.165, 1.54) is 12.8 Å². The number of nitrogens with zero attached hydrogens (tertiary/aromatic N) is 1. The van der Waals surface area contributed by atoms with E-state index in [0.717, 1.165) is 30.2 Å². The van der Waals surface area contributed by atoms with Crippen LogP contribution in [0.5, 0.6) is 11.5 Å². The molecule has 0 spiro atoms. The van der Waals surface area contributed by atoms with Crippen molar-refractivity contribution < 1.29 is 14.6 Å². The molecule has 1 unspecified atom stereocenters. The summed E-state index contributed by atoms with van der Waals surface area (Å²) in [7, 11) is 2.10. The highest BCUT2D eigenvalue weighted by Crippen LogP contribution is 2.31. The molecule has 126 valence electrons. The molecular weight excluding hydrogens is 278 g/mol. The van der Waals surface area contributed by atoms with Crippen molar-refractivity contribution in [2.45, 2.75) is 46.1 Å². The van der Waals surface area contributed by atoms with Crippen LogP contribution in [-0.2, 0) is 0 Å². The van der Waals surface area contributed by atoms with Gasteiger partial charge in [0.25, 0.3) is 0 Å². The Hall–Kier alpha value is -1.26. The summed E-state index contributed by atoms with van der Waals surface area (Å²) < 4.78 is 11.2. The minimum Gasteiger partial charge on any atom is -0.494 e. The van der Waals surface area contributed by atoms with Crippen molar-refractivity contribution in [3.8, 4) is 11.5 Å². The first-order valence-electron chi connectivity index (χ1n) is 8.38. The van der Waals surface area contributed by atoms with Crippen molar-refractivity contribution in [3.63, 3.8) is 0 Å². The minimum absolute atomic E-state index is 0.513. The molecule has 4 nitrogen and oxygen atoms in total. The minimum atomic E-state index is -0.513. The predicted molar refractivity (Wildman–Crippen MR) is 90.8 cm³/mol. The third kappa shape index (κ3) is 6.24. The molecule has 0 saturated heterocycles. The molecule has 0 aliphatic heterocycles. The first-order chi connectivity index (χ1) is 10.6. The second-order valence-corrected chi connectivity index (χ2v) is 5.53. The zero-order valence-corrected chi connectivity index (χ0v) is 14.5. The van der Waals surface area contributed by atoms with Crippen LogP contribution in [0.15, 0.2) is 18.2 Å². The van der Waals surface area contributed by atoms with Gasteiger partial charge in [0.2, 0.25) is 0 Å². The second-order valence-electron chi connectivity index (χ2n) is 5.53. The lowest BCUT2D eigenvalue weighted by Gasteiger charge is -2.20. The summed E-state index contributed by atoms with van der Waals surface area (Å²) in [5.74, 6) is 1.50. The van der Waals surface area contributed by atoms with Gasteiger partial charge in [-0.3, -0.25) is 0 Å². The molecular formula is C18H31NO3. The molecule has 0 fully saturated rings. The average Bonchev–Trinajstić information content (AvgIpc) is 2.51. The molecule has 4 heteroatoms. The zero-order valence-electron chi connectivity index (χ0n) is 14.5. The second kappa shape index (κ2) is 10.5. The van der Waals surface area contributed by atoms with E-state index in [1.807, 2.05) is 32.0 Å². The maximum Gasteiger partial charge on any atom is 0.128 e. The number of hydrogen-bond donors (Lipinski definition) is 1. The molecule has 0 radical (unpaired) electrons. The summed E-state index contributed by atoms with van der Waals surface area (Å²) >= 11 is 0. The SMILES string of the molecule is CCCCN(C)CCC(O)c1ccc(OCC)cc1OCC. The van der Waals surface area contributed by atoms with Crippen molar-refractivity contribution >= 4 is 0 Å². The molecule has 0 aliphatic carbocycles. The number of aliphatic hydroxyl groups is 1. The number of benzene rings is 1. The Morgan fingerprint density at radius 2 is 1.82 bits per heavy atom. The standard InChI is InChI=1S/C18H31NO3/c1-5-8-12-19(4)13-11-17(20)16-10-9-15(21-6-2)14-18(16)22-7-3/h9-10,14,17,20H,5-8,11-13H2,1-4H3. The normalized spacial score (nSPS) is 12.5. The third-order valence-corrected chi connectivity index (χ3v) is 3.63. The fraction of sp³-hybridized carbons (Fsp3) is 0.667. The van der Waals surface area contributed by atoms with E-state index in [4.69, 9.17) is 9.47 Å². The number of unbranched alkanes of at least 4 members (excludes halogenated alkanes) is 1. The van der Waals surface area contributed by atoms with Crippen LogP contribution in [0, 0.1) is 0 Å². The van der Waals surface area contributed by atoms with Gasteiger partial charge in [0.15, 0.2) is 0 Å². The van der Waals surface area contributed by atoms with Gasteiger partial charge in [0.1, 0.15) is 11.5 Å². The Morgan fingerprint density at radius 1 is 1.09 bits per heavy atom. The molecule has 1 aromatic rings. The van der Waals surface area contributed by atoms with Crippen LogP contribution >= 0.6 is 0 Å². The molecule has 1 atom stereocenters. The summed E-state index contributed by atoms with van der Waals surface area (Å²) in [4.78, 5) is 2.27. The topological polar surface area (TPSA) is 41.9 Å². The highest BCUT2D eigenvalue weighted by Gasteiger charge is 2.15. The lowest BCUT2D eigenvalue weighted by molar-refractivity contribution is 0.144. The Balaban J connectivity index is 2.68. The van der Waals surface area contributed by atoms with Crippen LogP contribution in [0.25, 0.3) is 0 Å². The monoisotopic (exact) mass is 309 g/mol. The van der Waals surface area contributed by atoms with Gasteiger partial charge in [-0.05, 0) is 52.4 Å². The molecule has 1 N–H and O–H groups in total. The predicted octanol–water partition coefficient (Wildman–Crippen LogP) is 3.64. The summed E-state index contributed by atoms with van der Waals surface area (Å²) in [6.07, 6.45) is 2.58. The average molecular weight is 309 g/mol. The zero-order chi connectivity index (χ0) is 16.4. The van der Waals surface area contributed by atoms with Gasteiger partial charge < -0.3 is 19.5 Å². The Kier molecular flexibility index (Phi) is 8.94. The molecule has 0 aliphatic rings. The van der Waals surface area contributed by atoms with Gasteiger partial charge in [0, 0.05) is 18.2 Å². The van der Waals surface area contributed by atoms with Crippen LogP contribution in [0.1, 0.15) is 51.7 Å². The van der Waals surface area contributed by atoms with Gasteiger partial charge in [-0.2, -0.15) is 0 Å². The lowest BCUT2D eigenvalue weighted by Crippen LogP contribution is -2.22. The van der Waals surface area contributed by atoms with E-state index < -0.39 is 6.10 Å². The smallest absolute Gasteiger partial charge is 0.128 e. The molecule has 0 heterocycles. The van der Waals surface area contributed by atoms with Crippen LogP contribution in [0.4, 0.5) is 0 Å². The van der Waals surface area contributed by atoms with Gasteiger partial charge in [-0.1, -0.05) is 13.3 Å². The fourth-order valence-corrected chi connectivity index (χ4v) is 2.36. The van der Waals surface area contributed by atoms with Crippen molar-refractivity contribution in [2.24, 2.45) is 0 Å². The van der Waals surface area contributed by atoms with Crippen LogP contribution in [0.2, 0.25) is 0 Å². The summed E-state index contributed by atoms with van der Waals surface area (Å²) in [6, 6.07) is 5.67. The number of rotatable bonds is 11. The molecule has 0 saturated carbocycles. The van der Waals surface area contributed by atoms with Gasteiger partial charge >= 0.3 is 0 Å². The van der Waals surface area contributed by atoms with Gasteiger partial charge in [-0.15, -0.1) is 0 Å². The van der Waals surface area contributed by atoms with E-state index in [9.17, 15) is 5.11 Å². The first-order valence-corrected chi connectivity index (χ1v) is 8.38. The van der Waals surface area contributed by atoms with Gasteiger partial charge in [-0.25, -0.2) is 0 Å². The molecule has 1 rings (SSSR count). The Labute approximate surface area is 135 Å². The molecule has 0 aromatic heterocycles. The van der Waals surface area contributed by atoms with Crippen LogP contribution < -0.4 is 9.47 Å². The Morgan fingerprint density at radius 3 is 2.45 bits per heavy atom. The number of ether oxygens (including phenoxy) is 2. The third-order valence-electron chi connectivity index (χ3n) is 3.63. The van der Waals surface area contributed by atoms with E-state index in [-0.39, 0.29) is 0 Å². The molecule has 22 heavy (non-hydrogen) atoms. The van der Waals surface area contributed by atoms with Crippen molar-refractivity contribution in [2.75, 3.05) is 33.4 Å². The maximum atomic E-state index is 10.5. The van der Waals surface area contributed by atoms with Crippen LogP contribution in [0.3, 0.4) is 0 Å². The molecule has 1 aromatic carbocycles. The fourth-order valence-electron chi connectivity index (χ4n) is 2.36. The summed E-state index contributed by atoms with van der Waals surface area (Å²) in [5, 5.41) is 10.5. The lowest BCUT2D eigenvalue weighted by atomic mass is 10.0. The van der Waals surface area contributed by atoms with Crippen molar-refractivity contribution in [1.29, 1.82) is 0 Å². The van der Waals surface area contributed by atoms with E-state index in [0.29, 0.717) is 19.6 Å².